The van der Waals surface area contributed by atoms with Crippen LogP contribution in [0.5, 0.6) is 5.75 Å². The van der Waals surface area contributed by atoms with Crippen molar-refractivity contribution in [2.75, 3.05) is 11.9 Å². The number of rotatable bonds is 5. The Balaban J connectivity index is 2.98. The number of hydrogen-bond acceptors (Lipinski definition) is 7. The Kier molecular flexibility index (Phi) is 5.05. The maximum atomic E-state index is 11.3. The van der Waals surface area contributed by atoms with Crippen LogP contribution in [0.15, 0.2) is 30.0 Å². The summed E-state index contributed by atoms with van der Waals surface area (Å²) in [5.74, 6) is -1.08. The van der Waals surface area contributed by atoms with Crippen molar-refractivity contribution in [2.45, 2.75) is 6.92 Å². The highest BCUT2D eigenvalue weighted by Gasteiger charge is 2.12. The number of ether oxygens (including phenoxy) is 1. The Hall–Kier alpha value is -3.08. The summed E-state index contributed by atoms with van der Waals surface area (Å²) in [5, 5.41) is 31.4. The lowest BCUT2D eigenvalue weighted by Crippen LogP contribution is -2.08. The van der Waals surface area contributed by atoms with Crippen molar-refractivity contribution in [2.24, 2.45) is 0 Å². The number of nitrogens with zero attached hydrogens (tertiary/aromatic N) is 2. The van der Waals surface area contributed by atoms with Gasteiger partial charge in [0.2, 0.25) is 0 Å². The predicted octanol–water partition coefficient (Wildman–Crippen LogP) is 1.68. The van der Waals surface area contributed by atoms with Crippen molar-refractivity contribution in [3.63, 3.8) is 0 Å². The highest BCUT2D eigenvalue weighted by atomic mass is 16.6. The van der Waals surface area contributed by atoms with Gasteiger partial charge in [0.05, 0.1) is 17.2 Å². The van der Waals surface area contributed by atoms with E-state index in [1.807, 2.05) is 0 Å². The molecule has 0 aromatic heterocycles. The smallest absolute Gasteiger partial charge is 0.350 e. The molecule has 8 nitrogen and oxygen atoms in total. The fourth-order valence-corrected chi connectivity index (χ4v) is 1.25. The van der Waals surface area contributed by atoms with E-state index in [2.05, 4.69) is 10.1 Å². The van der Waals surface area contributed by atoms with Gasteiger partial charge >= 0.3 is 5.97 Å². The summed E-state index contributed by atoms with van der Waals surface area (Å²) >= 11 is 0. The normalized spacial score (nSPS) is 10.5. The molecule has 1 rings (SSSR count). The molecule has 0 saturated carbocycles. The highest BCUT2D eigenvalue weighted by molar-refractivity contribution is 5.93. The third-order valence-electron chi connectivity index (χ3n) is 2.18. The molecule has 0 aliphatic carbocycles. The number of carbonyl (C=O) groups is 1. The topological polar surface area (TPSA) is 125 Å². The fourth-order valence-electron chi connectivity index (χ4n) is 1.25. The van der Waals surface area contributed by atoms with Gasteiger partial charge < -0.3 is 15.2 Å². The number of anilines is 1. The molecule has 0 aliphatic heterocycles. The zero-order chi connectivity index (χ0) is 15.1. The minimum absolute atomic E-state index is 0.00347. The Morgan fingerprint density at radius 2 is 2.35 bits per heavy atom. The maximum absolute atomic E-state index is 11.3. The lowest BCUT2D eigenvalue weighted by atomic mass is 10.2. The summed E-state index contributed by atoms with van der Waals surface area (Å²) in [6, 6.07) is 4.95. The summed E-state index contributed by atoms with van der Waals surface area (Å²) < 4.78 is 4.64. The van der Waals surface area contributed by atoms with Crippen LogP contribution in [0.4, 0.5) is 11.4 Å². The number of non-ortho nitro benzene ring substituents is 1. The molecule has 0 bridgehead atoms. The number of nitro benzene ring substituents is 1. The van der Waals surface area contributed by atoms with E-state index < -0.39 is 10.9 Å². The minimum Gasteiger partial charge on any atom is -0.506 e. The van der Waals surface area contributed by atoms with Crippen LogP contribution in [-0.4, -0.2) is 22.6 Å². The van der Waals surface area contributed by atoms with Crippen molar-refractivity contribution < 1.29 is 19.6 Å². The van der Waals surface area contributed by atoms with Gasteiger partial charge in [0, 0.05) is 18.3 Å². The van der Waals surface area contributed by atoms with Gasteiger partial charge in [-0.2, -0.15) is 5.26 Å². The van der Waals surface area contributed by atoms with Gasteiger partial charge in [-0.15, -0.1) is 0 Å². The molecule has 1 aromatic rings. The average Bonchev–Trinajstić information content (AvgIpc) is 2.41. The largest absolute Gasteiger partial charge is 0.506 e. The number of phenols is 1. The number of nitriles is 1. The van der Waals surface area contributed by atoms with Gasteiger partial charge in [0.15, 0.2) is 5.57 Å². The van der Waals surface area contributed by atoms with Crippen molar-refractivity contribution in [1.29, 1.82) is 5.26 Å². The van der Waals surface area contributed by atoms with Crippen LogP contribution in [-0.2, 0) is 9.53 Å². The first-order valence-electron chi connectivity index (χ1n) is 5.51. The molecule has 0 atom stereocenters. The molecule has 0 radical (unpaired) electrons. The van der Waals surface area contributed by atoms with Gasteiger partial charge in [-0.25, -0.2) is 4.79 Å². The van der Waals surface area contributed by atoms with Gasteiger partial charge in [-0.3, -0.25) is 10.1 Å². The molecule has 0 spiro atoms. The second-order valence-corrected chi connectivity index (χ2v) is 3.49. The van der Waals surface area contributed by atoms with E-state index in [0.717, 1.165) is 24.4 Å². The quantitative estimate of drug-likeness (QED) is 0.209. The molecule has 0 aliphatic rings. The second-order valence-electron chi connectivity index (χ2n) is 3.49. The van der Waals surface area contributed by atoms with E-state index >= 15 is 0 Å². The van der Waals surface area contributed by atoms with Crippen LogP contribution in [0.2, 0.25) is 0 Å². The first-order valence-corrected chi connectivity index (χ1v) is 5.51. The number of nitro groups is 1. The zero-order valence-electron chi connectivity index (χ0n) is 10.5. The maximum Gasteiger partial charge on any atom is 0.350 e. The lowest BCUT2D eigenvalue weighted by Gasteiger charge is -2.05. The molecular formula is C12H11N3O5. The lowest BCUT2D eigenvalue weighted by molar-refractivity contribution is -0.384. The average molecular weight is 277 g/mol. The van der Waals surface area contributed by atoms with Gasteiger partial charge in [-0.05, 0) is 13.0 Å². The summed E-state index contributed by atoms with van der Waals surface area (Å²) in [6.07, 6.45) is 1.01. The van der Waals surface area contributed by atoms with Crippen LogP contribution in [0, 0.1) is 21.4 Å². The van der Waals surface area contributed by atoms with E-state index in [9.17, 15) is 20.0 Å². The summed E-state index contributed by atoms with van der Waals surface area (Å²) in [5.41, 5.74) is -0.567. The van der Waals surface area contributed by atoms with E-state index in [1.54, 1.807) is 13.0 Å². The van der Waals surface area contributed by atoms with Crippen LogP contribution in [0.25, 0.3) is 0 Å². The SMILES string of the molecule is CCOC(=O)/C(C#N)=C/Nc1cc([N+](=O)[O-])ccc1O. The van der Waals surface area contributed by atoms with Crippen molar-refractivity contribution in [1.82, 2.24) is 0 Å². The Bertz CT molecular complexity index is 604. The van der Waals surface area contributed by atoms with Crippen molar-refractivity contribution >= 4 is 17.3 Å². The van der Waals surface area contributed by atoms with Crippen molar-refractivity contribution in [3.8, 4) is 11.8 Å². The molecule has 0 saturated heterocycles. The predicted molar refractivity (Wildman–Crippen MR) is 68.7 cm³/mol. The molecule has 8 heteroatoms. The van der Waals surface area contributed by atoms with Crippen molar-refractivity contribution in [3.05, 3.63) is 40.1 Å². The molecule has 0 unspecified atom stereocenters. The fraction of sp³-hybridized carbons (Fsp3) is 0.167. The number of hydrogen-bond donors (Lipinski definition) is 2. The number of aromatic hydroxyl groups is 1. The zero-order valence-corrected chi connectivity index (χ0v) is 10.5. The van der Waals surface area contributed by atoms with E-state index in [-0.39, 0.29) is 29.3 Å². The molecular weight excluding hydrogens is 266 g/mol. The molecule has 104 valence electrons. The number of phenolic OH excluding ortho intramolecular Hbond substituents is 1. The third-order valence-corrected chi connectivity index (χ3v) is 2.18. The highest BCUT2D eigenvalue weighted by Crippen LogP contribution is 2.27. The Morgan fingerprint density at radius 1 is 1.65 bits per heavy atom. The van der Waals surface area contributed by atoms with E-state index in [1.165, 1.54) is 0 Å². The molecule has 20 heavy (non-hydrogen) atoms. The van der Waals surface area contributed by atoms with Crippen LogP contribution >= 0.6 is 0 Å². The molecule has 0 amide bonds. The second kappa shape index (κ2) is 6.75. The van der Waals surface area contributed by atoms with Gasteiger partial charge in [0.25, 0.3) is 5.69 Å². The Morgan fingerprint density at radius 3 is 2.90 bits per heavy atom. The minimum atomic E-state index is -0.826. The number of nitrogens with one attached hydrogen (secondary N) is 1. The number of esters is 1. The molecule has 1 aromatic carbocycles. The summed E-state index contributed by atoms with van der Waals surface area (Å²) in [6.45, 7) is 1.70. The van der Waals surface area contributed by atoms with Gasteiger partial charge in [-0.1, -0.05) is 0 Å². The first-order chi connectivity index (χ1) is 9.49. The van der Waals surface area contributed by atoms with Crippen LogP contribution in [0.1, 0.15) is 6.92 Å². The van der Waals surface area contributed by atoms with Crippen LogP contribution < -0.4 is 5.32 Å². The number of carbonyl (C=O) groups excluding carboxylic acids is 1. The molecule has 2 N–H and O–H groups in total. The standard InChI is InChI=1S/C12H11N3O5/c1-2-20-12(17)8(6-13)7-14-10-5-9(15(18)19)3-4-11(10)16/h3-5,7,14,16H,2H2,1H3/b8-7+. The molecule has 0 fully saturated rings. The van der Waals surface area contributed by atoms with Gasteiger partial charge in [0.1, 0.15) is 11.8 Å². The van der Waals surface area contributed by atoms with Crippen LogP contribution in [0.3, 0.4) is 0 Å². The summed E-state index contributed by atoms with van der Waals surface area (Å²) in [4.78, 5) is 21.3. The Labute approximate surface area is 114 Å². The number of benzene rings is 1. The monoisotopic (exact) mass is 277 g/mol. The molecule has 0 heterocycles. The summed E-state index contributed by atoms with van der Waals surface area (Å²) in [7, 11) is 0. The first kappa shape index (κ1) is 15.0. The van der Waals surface area contributed by atoms with E-state index in [4.69, 9.17) is 5.26 Å². The van der Waals surface area contributed by atoms with E-state index in [0.29, 0.717) is 0 Å². The third kappa shape index (κ3) is 3.71.